The monoisotopic (exact) mass is 236 g/mol. The summed E-state index contributed by atoms with van der Waals surface area (Å²) in [6.07, 6.45) is 7.38. The van der Waals surface area contributed by atoms with Crippen molar-refractivity contribution in [2.45, 2.75) is 31.7 Å². The molecule has 1 atom stereocenters. The fourth-order valence-electron chi connectivity index (χ4n) is 2.18. The lowest BCUT2D eigenvalue weighted by Gasteiger charge is -2.10. The number of nitrogens with zero attached hydrogens (tertiary/aromatic N) is 2. The van der Waals surface area contributed by atoms with Gasteiger partial charge in [0, 0.05) is 44.9 Å². The quantitative estimate of drug-likeness (QED) is 0.769. The van der Waals surface area contributed by atoms with E-state index in [1.807, 2.05) is 17.8 Å². The van der Waals surface area contributed by atoms with Crippen LogP contribution in [0.4, 0.5) is 0 Å². The van der Waals surface area contributed by atoms with Gasteiger partial charge in [-0.05, 0) is 19.4 Å². The summed E-state index contributed by atoms with van der Waals surface area (Å²) < 4.78 is 1.98. The van der Waals surface area contributed by atoms with Gasteiger partial charge in [0.2, 0.25) is 5.91 Å². The Morgan fingerprint density at radius 2 is 2.59 bits per heavy atom. The van der Waals surface area contributed by atoms with Crippen molar-refractivity contribution < 1.29 is 4.79 Å². The molecule has 0 spiro atoms. The van der Waals surface area contributed by atoms with Crippen molar-refractivity contribution in [1.29, 1.82) is 0 Å². The highest BCUT2D eigenvalue weighted by Crippen LogP contribution is 2.08. The molecule has 0 aromatic carbocycles. The summed E-state index contributed by atoms with van der Waals surface area (Å²) >= 11 is 0. The molecule has 1 aromatic heterocycles. The van der Waals surface area contributed by atoms with Gasteiger partial charge in [-0.15, -0.1) is 0 Å². The maximum Gasteiger partial charge on any atom is 0.221 e. The van der Waals surface area contributed by atoms with Crippen LogP contribution in [-0.2, 0) is 18.3 Å². The van der Waals surface area contributed by atoms with Crippen molar-refractivity contribution in [1.82, 2.24) is 20.2 Å². The molecule has 2 heterocycles. The summed E-state index contributed by atoms with van der Waals surface area (Å²) in [4.78, 5) is 15.8. The standard InChI is InChI=1S/C12H20N4O/c1-16-8-7-14-11(16)4-6-15-12(17)9-10-3-2-5-13-10/h7-8,10,13H,2-6,9H2,1H3,(H,15,17). The Balaban J connectivity index is 1.64. The van der Waals surface area contributed by atoms with Gasteiger partial charge < -0.3 is 15.2 Å². The van der Waals surface area contributed by atoms with Crippen LogP contribution in [-0.4, -0.2) is 34.6 Å². The second-order valence-electron chi connectivity index (χ2n) is 4.55. The molecule has 5 nitrogen and oxygen atoms in total. The zero-order valence-corrected chi connectivity index (χ0v) is 10.3. The van der Waals surface area contributed by atoms with Gasteiger partial charge in [-0.1, -0.05) is 0 Å². The highest BCUT2D eigenvalue weighted by Gasteiger charge is 2.17. The third-order valence-electron chi connectivity index (χ3n) is 3.19. The molecule has 0 saturated carbocycles. The van der Waals surface area contributed by atoms with Crippen molar-refractivity contribution in [3.05, 3.63) is 18.2 Å². The number of hydrogen-bond donors (Lipinski definition) is 2. The second kappa shape index (κ2) is 5.82. The van der Waals surface area contributed by atoms with Crippen LogP contribution in [0.1, 0.15) is 25.1 Å². The largest absolute Gasteiger partial charge is 0.356 e. The van der Waals surface area contributed by atoms with E-state index >= 15 is 0 Å². The first kappa shape index (κ1) is 12.1. The van der Waals surface area contributed by atoms with Crippen molar-refractivity contribution in [3.63, 3.8) is 0 Å². The van der Waals surface area contributed by atoms with Crippen LogP contribution in [0.3, 0.4) is 0 Å². The predicted molar refractivity (Wildman–Crippen MR) is 65.6 cm³/mol. The van der Waals surface area contributed by atoms with Crippen LogP contribution in [0.15, 0.2) is 12.4 Å². The Labute approximate surface area is 102 Å². The van der Waals surface area contributed by atoms with Crippen molar-refractivity contribution in [2.24, 2.45) is 7.05 Å². The maximum atomic E-state index is 11.6. The molecule has 1 amide bonds. The number of rotatable bonds is 5. The molecule has 1 unspecified atom stereocenters. The number of aryl methyl sites for hydroxylation is 1. The summed E-state index contributed by atoms with van der Waals surface area (Å²) in [5.41, 5.74) is 0. The van der Waals surface area contributed by atoms with Crippen LogP contribution in [0.25, 0.3) is 0 Å². The fraction of sp³-hybridized carbons (Fsp3) is 0.667. The van der Waals surface area contributed by atoms with E-state index in [1.165, 1.54) is 6.42 Å². The Kier molecular flexibility index (Phi) is 4.14. The van der Waals surface area contributed by atoms with Gasteiger partial charge in [-0.2, -0.15) is 0 Å². The highest BCUT2D eigenvalue weighted by atomic mass is 16.1. The van der Waals surface area contributed by atoms with Crippen molar-refractivity contribution >= 4 is 5.91 Å². The van der Waals surface area contributed by atoms with Gasteiger partial charge in [0.25, 0.3) is 0 Å². The third kappa shape index (κ3) is 3.56. The summed E-state index contributed by atoms with van der Waals surface area (Å²) in [6.45, 7) is 1.71. The average Bonchev–Trinajstić information content (AvgIpc) is 2.91. The van der Waals surface area contributed by atoms with E-state index in [0.29, 0.717) is 19.0 Å². The van der Waals surface area contributed by atoms with Crippen molar-refractivity contribution in [3.8, 4) is 0 Å². The number of carbonyl (C=O) groups excluding carboxylic acids is 1. The molecule has 17 heavy (non-hydrogen) atoms. The van der Waals surface area contributed by atoms with Crippen LogP contribution in [0.5, 0.6) is 0 Å². The number of imidazole rings is 1. The molecule has 1 aliphatic rings. The molecule has 2 N–H and O–H groups in total. The first-order valence-electron chi connectivity index (χ1n) is 6.22. The number of carbonyl (C=O) groups is 1. The SMILES string of the molecule is Cn1ccnc1CCNC(=O)CC1CCCN1. The van der Waals surface area contributed by atoms with E-state index in [-0.39, 0.29) is 5.91 Å². The fourth-order valence-corrected chi connectivity index (χ4v) is 2.18. The average molecular weight is 236 g/mol. The lowest BCUT2D eigenvalue weighted by Crippen LogP contribution is -2.33. The molecular weight excluding hydrogens is 216 g/mol. The van der Waals surface area contributed by atoms with E-state index in [1.54, 1.807) is 6.20 Å². The third-order valence-corrected chi connectivity index (χ3v) is 3.19. The number of amides is 1. The minimum atomic E-state index is 0.138. The minimum Gasteiger partial charge on any atom is -0.356 e. The van der Waals surface area contributed by atoms with Crippen LogP contribution < -0.4 is 10.6 Å². The Bertz CT molecular complexity index is 368. The van der Waals surface area contributed by atoms with Gasteiger partial charge >= 0.3 is 0 Å². The van der Waals surface area contributed by atoms with Crippen LogP contribution in [0.2, 0.25) is 0 Å². The number of hydrogen-bond acceptors (Lipinski definition) is 3. The van der Waals surface area contributed by atoms with Crippen LogP contribution >= 0.6 is 0 Å². The molecule has 1 fully saturated rings. The Hall–Kier alpha value is -1.36. The lowest BCUT2D eigenvalue weighted by molar-refractivity contribution is -0.121. The zero-order chi connectivity index (χ0) is 12.1. The molecule has 0 aliphatic carbocycles. The lowest BCUT2D eigenvalue weighted by atomic mass is 10.1. The zero-order valence-electron chi connectivity index (χ0n) is 10.3. The molecule has 2 rings (SSSR count). The molecule has 5 heteroatoms. The maximum absolute atomic E-state index is 11.6. The van der Waals surface area contributed by atoms with E-state index in [2.05, 4.69) is 15.6 Å². The van der Waals surface area contributed by atoms with Gasteiger partial charge in [0.1, 0.15) is 5.82 Å². The summed E-state index contributed by atoms with van der Waals surface area (Å²) in [7, 11) is 1.96. The minimum absolute atomic E-state index is 0.138. The normalized spacial score (nSPS) is 19.5. The highest BCUT2D eigenvalue weighted by molar-refractivity contribution is 5.76. The molecule has 1 aliphatic heterocycles. The smallest absolute Gasteiger partial charge is 0.221 e. The van der Waals surface area contributed by atoms with E-state index < -0.39 is 0 Å². The summed E-state index contributed by atoms with van der Waals surface area (Å²) in [6, 6.07) is 0.378. The van der Waals surface area contributed by atoms with Crippen molar-refractivity contribution in [2.75, 3.05) is 13.1 Å². The summed E-state index contributed by atoms with van der Waals surface area (Å²) in [5.74, 6) is 1.14. The molecule has 0 bridgehead atoms. The van der Waals surface area contributed by atoms with Gasteiger partial charge in [0.05, 0.1) is 0 Å². The number of nitrogens with one attached hydrogen (secondary N) is 2. The predicted octanol–water partition coefficient (Wildman–Crippen LogP) is 0.221. The van der Waals surface area contributed by atoms with E-state index in [9.17, 15) is 4.79 Å². The molecule has 1 aromatic rings. The molecule has 0 radical (unpaired) electrons. The van der Waals surface area contributed by atoms with E-state index in [0.717, 1.165) is 25.2 Å². The molecule has 1 saturated heterocycles. The first-order chi connectivity index (χ1) is 8.25. The molecular formula is C12H20N4O. The summed E-state index contributed by atoms with van der Waals surface area (Å²) in [5, 5.41) is 6.27. The molecule has 94 valence electrons. The first-order valence-corrected chi connectivity index (χ1v) is 6.22. The Morgan fingerprint density at radius 1 is 1.71 bits per heavy atom. The van der Waals surface area contributed by atoms with E-state index in [4.69, 9.17) is 0 Å². The van der Waals surface area contributed by atoms with Gasteiger partial charge in [0.15, 0.2) is 0 Å². The Morgan fingerprint density at radius 3 is 3.24 bits per heavy atom. The second-order valence-corrected chi connectivity index (χ2v) is 4.55. The number of aromatic nitrogens is 2. The van der Waals surface area contributed by atoms with Gasteiger partial charge in [-0.3, -0.25) is 4.79 Å². The topological polar surface area (TPSA) is 59.0 Å². The van der Waals surface area contributed by atoms with Gasteiger partial charge in [-0.25, -0.2) is 4.98 Å². The van der Waals surface area contributed by atoms with Crippen LogP contribution in [0, 0.1) is 0 Å².